The number of amides is 1. The largest absolute Gasteiger partial charge is 0.481 e. The number of ether oxygens (including phenoxy) is 1. The Labute approximate surface area is 126 Å². The van der Waals surface area contributed by atoms with E-state index in [2.05, 4.69) is 12.2 Å². The van der Waals surface area contributed by atoms with Gasteiger partial charge in [0.1, 0.15) is 5.75 Å². The highest BCUT2D eigenvalue weighted by atomic mass is 16.5. The van der Waals surface area contributed by atoms with Crippen LogP contribution in [0.15, 0.2) is 18.2 Å². The highest BCUT2D eigenvalue weighted by Gasteiger charge is 2.25. The lowest BCUT2D eigenvalue weighted by atomic mass is 10.1. The number of carbonyl (C=O) groups is 1. The molecule has 4 heteroatoms. The van der Waals surface area contributed by atoms with Crippen LogP contribution in [0.5, 0.6) is 5.75 Å². The summed E-state index contributed by atoms with van der Waals surface area (Å²) in [6.07, 6.45) is 2.59. The van der Waals surface area contributed by atoms with Crippen LogP contribution in [-0.4, -0.2) is 23.2 Å². The van der Waals surface area contributed by atoms with Crippen LogP contribution in [0.25, 0.3) is 0 Å². The Kier molecular flexibility index (Phi) is 5.23. The highest BCUT2D eigenvalue weighted by molar-refractivity contribution is 5.81. The van der Waals surface area contributed by atoms with Crippen molar-refractivity contribution in [3.05, 3.63) is 29.3 Å². The zero-order valence-electron chi connectivity index (χ0n) is 13.1. The van der Waals surface area contributed by atoms with Gasteiger partial charge in [-0.25, -0.2) is 0 Å². The molecule has 0 bridgehead atoms. The van der Waals surface area contributed by atoms with Crippen molar-refractivity contribution >= 4 is 5.91 Å². The molecule has 0 saturated heterocycles. The average molecular weight is 291 g/mol. The van der Waals surface area contributed by atoms with Gasteiger partial charge in [-0.2, -0.15) is 0 Å². The van der Waals surface area contributed by atoms with E-state index >= 15 is 0 Å². The first-order valence-corrected chi connectivity index (χ1v) is 7.79. The van der Waals surface area contributed by atoms with E-state index in [4.69, 9.17) is 4.74 Å². The number of hydrogen-bond donors (Lipinski definition) is 2. The molecule has 2 N–H and O–H groups in total. The minimum atomic E-state index is -0.534. The van der Waals surface area contributed by atoms with Crippen molar-refractivity contribution in [2.24, 2.45) is 0 Å². The molecular formula is C17H25NO3. The quantitative estimate of drug-likeness (QED) is 0.847. The van der Waals surface area contributed by atoms with Crippen LogP contribution >= 0.6 is 0 Å². The summed E-state index contributed by atoms with van der Waals surface area (Å²) >= 11 is 0. The van der Waals surface area contributed by atoms with E-state index in [-0.39, 0.29) is 11.9 Å². The van der Waals surface area contributed by atoms with Crippen molar-refractivity contribution in [2.75, 3.05) is 0 Å². The molecule has 0 heterocycles. The normalized spacial score (nSPS) is 19.7. The van der Waals surface area contributed by atoms with Crippen LogP contribution in [0.1, 0.15) is 57.3 Å². The fourth-order valence-electron chi connectivity index (χ4n) is 2.82. The first-order chi connectivity index (χ1) is 10.0. The third-order valence-corrected chi connectivity index (χ3v) is 3.98. The molecule has 3 unspecified atom stereocenters. The monoisotopic (exact) mass is 291 g/mol. The summed E-state index contributed by atoms with van der Waals surface area (Å²) in [7, 11) is 0. The third kappa shape index (κ3) is 3.76. The van der Waals surface area contributed by atoms with Crippen LogP contribution in [-0.2, 0) is 11.2 Å². The lowest BCUT2D eigenvalue weighted by Crippen LogP contribution is -2.41. The van der Waals surface area contributed by atoms with Crippen molar-refractivity contribution in [2.45, 2.75) is 64.7 Å². The zero-order chi connectivity index (χ0) is 15.4. The summed E-state index contributed by atoms with van der Waals surface area (Å²) in [5.74, 6) is 0.627. The van der Waals surface area contributed by atoms with Crippen molar-refractivity contribution in [1.82, 2.24) is 5.32 Å². The average Bonchev–Trinajstić information content (AvgIpc) is 2.82. The Balaban J connectivity index is 2.00. The number of rotatable bonds is 6. The summed E-state index contributed by atoms with van der Waals surface area (Å²) in [5, 5.41) is 12.9. The van der Waals surface area contributed by atoms with Gasteiger partial charge in [-0.3, -0.25) is 4.79 Å². The first-order valence-electron chi connectivity index (χ1n) is 7.79. The molecule has 1 aliphatic carbocycles. The fourth-order valence-corrected chi connectivity index (χ4v) is 2.82. The summed E-state index contributed by atoms with van der Waals surface area (Å²) in [6.45, 7) is 5.87. The molecule has 1 aromatic carbocycles. The second-order valence-corrected chi connectivity index (χ2v) is 5.84. The van der Waals surface area contributed by atoms with Crippen LogP contribution in [0, 0.1) is 0 Å². The number of carbonyl (C=O) groups excluding carboxylic acids is 1. The molecule has 3 atom stereocenters. The van der Waals surface area contributed by atoms with Crippen molar-refractivity contribution in [1.29, 1.82) is 0 Å². The number of aliphatic hydroxyl groups is 1. The molecule has 0 saturated carbocycles. The molecule has 1 amide bonds. The SMILES string of the molecule is CCCC(C)NC(=O)C(C)Oc1cccc2c1CCC2O. The van der Waals surface area contributed by atoms with Crippen molar-refractivity contribution < 1.29 is 14.6 Å². The molecule has 0 spiro atoms. The van der Waals surface area contributed by atoms with Gasteiger partial charge in [-0.1, -0.05) is 25.5 Å². The van der Waals surface area contributed by atoms with Gasteiger partial charge in [0.15, 0.2) is 6.10 Å². The number of benzene rings is 1. The minimum Gasteiger partial charge on any atom is -0.481 e. The first kappa shape index (κ1) is 15.8. The molecule has 0 fully saturated rings. The number of hydrogen-bond acceptors (Lipinski definition) is 3. The topological polar surface area (TPSA) is 58.6 Å². The van der Waals surface area contributed by atoms with E-state index in [1.54, 1.807) is 6.92 Å². The number of aliphatic hydroxyl groups excluding tert-OH is 1. The molecule has 116 valence electrons. The maximum absolute atomic E-state index is 12.1. The van der Waals surface area contributed by atoms with Gasteiger partial charge >= 0.3 is 0 Å². The summed E-state index contributed by atoms with van der Waals surface area (Å²) < 4.78 is 5.82. The van der Waals surface area contributed by atoms with E-state index in [0.29, 0.717) is 0 Å². The number of fused-ring (bicyclic) bond motifs is 1. The smallest absolute Gasteiger partial charge is 0.260 e. The third-order valence-electron chi connectivity index (χ3n) is 3.98. The summed E-state index contributed by atoms with van der Waals surface area (Å²) in [6, 6.07) is 5.83. The van der Waals surface area contributed by atoms with Crippen LogP contribution in [0.3, 0.4) is 0 Å². The van der Waals surface area contributed by atoms with Gasteiger partial charge in [0.25, 0.3) is 5.91 Å². The van der Waals surface area contributed by atoms with Gasteiger partial charge in [0.2, 0.25) is 0 Å². The van der Waals surface area contributed by atoms with Gasteiger partial charge in [0.05, 0.1) is 6.10 Å². The van der Waals surface area contributed by atoms with Crippen LogP contribution in [0.2, 0.25) is 0 Å². The lowest BCUT2D eigenvalue weighted by Gasteiger charge is -2.19. The molecule has 1 aromatic rings. The fraction of sp³-hybridized carbons (Fsp3) is 0.588. The van der Waals surface area contributed by atoms with Crippen molar-refractivity contribution in [3.63, 3.8) is 0 Å². The number of nitrogens with one attached hydrogen (secondary N) is 1. The second kappa shape index (κ2) is 6.94. The van der Waals surface area contributed by atoms with E-state index in [1.165, 1.54) is 0 Å². The molecule has 0 aromatic heterocycles. The minimum absolute atomic E-state index is 0.0906. The Hall–Kier alpha value is -1.55. The molecule has 0 radical (unpaired) electrons. The lowest BCUT2D eigenvalue weighted by molar-refractivity contribution is -0.127. The molecule has 1 aliphatic rings. The predicted molar refractivity (Wildman–Crippen MR) is 82.3 cm³/mol. The summed E-state index contributed by atoms with van der Waals surface area (Å²) in [4.78, 5) is 12.1. The summed E-state index contributed by atoms with van der Waals surface area (Å²) in [5.41, 5.74) is 1.96. The molecule has 4 nitrogen and oxygen atoms in total. The van der Waals surface area contributed by atoms with E-state index in [1.807, 2.05) is 25.1 Å². The molecule has 21 heavy (non-hydrogen) atoms. The van der Waals surface area contributed by atoms with E-state index < -0.39 is 12.2 Å². The highest BCUT2D eigenvalue weighted by Crippen LogP contribution is 2.37. The maximum Gasteiger partial charge on any atom is 0.260 e. The van der Waals surface area contributed by atoms with Gasteiger partial charge in [-0.15, -0.1) is 0 Å². The van der Waals surface area contributed by atoms with Crippen LogP contribution in [0.4, 0.5) is 0 Å². The Morgan fingerprint density at radius 3 is 2.95 bits per heavy atom. The zero-order valence-corrected chi connectivity index (χ0v) is 13.1. The standard InChI is InChI=1S/C17H25NO3/c1-4-6-11(2)18-17(20)12(3)21-16-8-5-7-13-14(16)9-10-15(13)19/h5,7-8,11-12,15,19H,4,6,9-10H2,1-3H3,(H,18,20). The van der Waals surface area contributed by atoms with Crippen molar-refractivity contribution in [3.8, 4) is 5.75 Å². The molecule has 2 rings (SSSR count). The molecular weight excluding hydrogens is 266 g/mol. The maximum atomic E-state index is 12.1. The Morgan fingerprint density at radius 1 is 1.48 bits per heavy atom. The van der Waals surface area contributed by atoms with Gasteiger partial charge < -0.3 is 15.2 Å². The molecule has 0 aliphatic heterocycles. The van der Waals surface area contributed by atoms with E-state index in [0.717, 1.165) is 42.6 Å². The predicted octanol–water partition coefficient (Wildman–Crippen LogP) is 2.74. The van der Waals surface area contributed by atoms with Gasteiger partial charge in [0, 0.05) is 11.6 Å². The van der Waals surface area contributed by atoms with Gasteiger partial charge in [-0.05, 0) is 44.7 Å². The Morgan fingerprint density at radius 2 is 2.24 bits per heavy atom. The Bertz CT molecular complexity index is 501. The second-order valence-electron chi connectivity index (χ2n) is 5.84. The van der Waals surface area contributed by atoms with Crippen LogP contribution < -0.4 is 10.1 Å². The van der Waals surface area contributed by atoms with E-state index in [9.17, 15) is 9.90 Å².